The summed E-state index contributed by atoms with van der Waals surface area (Å²) in [6, 6.07) is 4.76. The minimum Gasteiger partial charge on any atom is -0.334 e. The van der Waals surface area contributed by atoms with E-state index in [0.29, 0.717) is 37.1 Å². The quantitative estimate of drug-likeness (QED) is 0.338. The number of rotatable bonds is 8. The largest absolute Gasteiger partial charge is 0.416 e. The van der Waals surface area contributed by atoms with Crippen LogP contribution in [0.25, 0.3) is 0 Å². The highest BCUT2D eigenvalue weighted by Crippen LogP contribution is 2.36. The molecule has 0 aliphatic carbocycles. The topological polar surface area (TPSA) is 99.0 Å². The monoisotopic (exact) mass is 617 g/mol. The summed E-state index contributed by atoms with van der Waals surface area (Å²) in [5.74, 6) is -1.20. The van der Waals surface area contributed by atoms with Gasteiger partial charge in [0, 0.05) is 26.1 Å². The van der Waals surface area contributed by atoms with Gasteiger partial charge in [-0.15, -0.1) is 0 Å². The van der Waals surface area contributed by atoms with E-state index in [1.807, 2.05) is 0 Å². The molecular weight excluding hydrogens is 587 g/mol. The molecule has 0 saturated carbocycles. The summed E-state index contributed by atoms with van der Waals surface area (Å²) in [4.78, 5) is 43.9. The van der Waals surface area contributed by atoms with Crippen LogP contribution in [0.1, 0.15) is 47.9 Å². The van der Waals surface area contributed by atoms with Gasteiger partial charge in [0.05, 0.1) is 17.7 Å². The predicted octanol–water partition coefficient (Wildman–Crippen LogP) is 4.47. The van der Waals surface area contributed by atoms with Crippen LogP contribution < -0.4 is 11.1 Å². The summed E-state index contributed by atoms with van der Waals surface area (Å²) in [6.45, 7) is -0.426. The van der Waals surface area contributed by atoms with Crippen molar-refractivity contribution >= 4 is 17.8 Å². The maximum absolute atomic E-state index is 13.5. The number of carbonyl (C=O) groups is 3. The SMILES string of the molecule is NCCCCC1C(=O)N(Cc2ccc(F)cc2)C[C@@H]2N(C(=O)NCc3cc(C(F)(F)F)cc(C(F)(F)F)c3)CCC(=O)N12. The summed E-state index contributed by atoms with van der Waals surface area (Å²) in [5, 5.41) is 2.38. The number of urea groups is 1. The van der Waals surface area contributed by atoms with Crippen molar-refractivity contribution in [2.24, 2.45) is 5.73 Å². The molecule has 2 aromatic rings. The van der Waals surface area contributed by atoms with Crippen LogP contribution in [0.5, 0.6) is 0 Å². The molecule has 4 amide bonds. The van der Waals surface area contributed by atoms with E-state index in [1.54, 1.807) is 0 Å². The number of nitrogens with two attached hydrogens (primary N) is 1. The van der Waals surface area contributed by atoms with Gasteiger partial charge in [-0.25, -0.2) is 9.18 Å². The number of benzene rings is 2. The van der Waals surface area contributed by atoms with Crippen molar-refractivity contribution in [1.29, 1.82) is 0 Å². The molecule has 234 valence electrons. The van der Waals surface area contributed by atoms with Crippen molar-refractivity contribution in [1.82, 2.24) is 20.0 Å². The molecule has 2 aliphatic heterocycles. The van der Waals surface area contributed by atoms with E-state index in [4.69, 9.17) is 5.73 Å². The fourth-order valence-electron chi connectivity index (χ4n) is 5.33. The number of fused-ring (bicyclic) bond motifs is 1. The number of piperazine rings is 1. The summed E-state index contributed by atoms with van der Waals surface area (Å²) in [5.41, 5.74) is 2.76. The molecule has 2 atom stereocenters. The molecule has 4 rings (SSSR count). The molecule has 15 heteroatoms. The van der Waals surface area contributed by atoms with Gasteiger partial charge in [-0.05, 0) is 67.3 Å². The van der Waals surface area contributed by atoms with Gasteiger partial charge in [0.2, 0.25) is 11.8 Å². The zero-order valence-corrected chi connectivity index (χ0v) is 22.8. The lowest BCUT2D eigenvalue weighted by atomic mass is 9.98. The molecular formula is C28H30F7N5O3. The van der Waals surface area contributed by atoms with Crippen LogP contribution >= 0.6 is 0 Å². The van der Waals surface area contributed by atoms with Crippen LogP contribution in [0.3, 0.4) is 0 Å². The highest BCUT2D eigenvalue weighted by molar-refractivity contribution is 5.91. The third-order valence-corrected chi connectivity index (χ3v) is 7.42. The van der Waals surface area contributed by atoms with E-state index in [2.05, 4.69) is 5.32 Å². The molecule has 3 N–H and O–H groups in total. The van der Waals surface area contributed by atoms with Crippen molar-refractivity contribution in [3.8, 4) is 0 Å². The third-order valence-electron chi connectivity index (χ3n) is 7.42. The highest BCUT2D eigenvalue weighted by atomic mass is 19.4. The van der Waals surface area contributed by atoms with Crippen LogP contribution in [0.15, 0.2) is 42.5 Å². The van der Waals surface area contributed by atoms with Gasteiger partial charge in [-0.3, -0.25) is 9.59 Å². The second-order valence-electron chi connectivity index (χ2n) is 10.4. The molecule has 0 spiro atoms. The Labute approximate surface area is 242 Å². The van der Waals surface area contributed by atoms with Crippen molar-refractivity contribution in [2.75, 3.05) is 19.6 Å². The highest BCUT2D eigenvalue weighted by Gasteiger charge is 2.48. The zero-order valence-electron chi connectivity index (χ0n) is 22.8. The molecule has 2 aromatic carbocycles. The molecule has 2 heterocycles. The predicted molar refractivity (Wildman–Crippen MR) is 139 cm³/mol. The summed E-state index contributed by atoms with van der Waals surface area (Å²) >= 11 is 0. The van der Waals surface area contributed by atoms with Gasteiger partial charge >= 0.3 is 18.4 Å². The number of amides is 4. The van der Waals surface area contributed by atoms with Gasteiger partial charge in [-0.2, -0.15) is 26.3 Å². The fourth-order valence-corrected chi connectivity index (χ4v) is 5.33. The number of halogens is 7. The number of carbonyl (C=O) groups excluding carboxylic acids is 3. The number of hydrogen-bond donors (Lipinski definition) is 2. The minimum atomic E-state index is -5.05. The maximum atomic E-state index is 13.5. The Morgan fingerprint density at radius 2 is 1.56 bits per heavy atom. The Hall–Kier alpha value is -3.88. The van der Waals surface area contributed by atoms with Crippen LogP contribution in [-0.2, 0) is 35.0 Å². The Morgan fingerprint density at radius 1 is 0.930 bits per heavy atom. The van der Waals surface area contributed by atoms with E-state index in [9.17, 15) is 45.1 Å². The second kappa shape index (κ2) is 12.8. The zero-order chi connectivity index (χ0) is 31.5. The van der Waals surface area contributed by atoms with Gasteiger partial charge in [0.15, 0.2) is 0 Å². The van der Waals surface area contributed by atoms with Crippen LogP contribution in [0, 0.1) is 5.82 Å². The first-order valence-corrected chi connectivity index (χ1v) is 13.6. The fraction of sp³-hybridized carbons (Fsp3) is 0.464. The van der Waals surface area contributed by atoms with Gasteiger partial charge in [0.1, 0.15) is 18.0 Å². The van der Waals surface area contributed by atoms with Crippen LogP contribution in [0.2, 0.25) is 0 Å². The number of alkyl halides is 6. The summed E-state index contributed by atoms with van der Waals surface area (Å²) in [7, 11) is 0. The van der Waals surface area contributed by atoms with E-state index >= 15 is 0 Å². The average Bonchev–Trinajstić information content (AvgIpc) is 2.94. The van der Waals surface area contributed by atoms with E-state index in [0.717, 1.165) is 0 Å². The average molecular weight is 618 g/mol. The Kier molecular flexibility index (Phi) is 9.52. The smallest absolute Gasteiger partial charge is 0.334 e. The molecule has 1 unspecified atom stereocenters. The molecule has 2 aliphatic rings. The molecule has 8 nitrogen and oxygen atoms in total. The molecule has 43 heavy (non-hydrogen) atoms. The van der Waals surface area contributed by atoms with Gasteiger partial charge in [-0.1, -0.05) is 12.1 Å². The molecule has 2 fully saturated rings. The molecule has 0 aromatic heterocycles. The summed E-state index contributed by atoms with van der Waals surface area (Å²) in [6.07, 6.45) is -9.82. The van der Waals surface area contributed by atoms with Crippen molar-refractivity contribution < 1.29 is 45.1 Å². The lowest BCUT2D eigenvalue weighted by Crippen LogP contribution is -2.71. The third kappa shape index (κ3) is 7.56. The number of unbranched alkanes of at least 4 members (excludes halogenated alkanes) is 1. The standard InChI is InChI=1S/C28H30F7N5O3/c29-21-6-4-17(5-7-21)15-38-16-23-39(10-8-24(41)40(23)22(25(38)42)3-1-2-9-36)26(43)37-14-18-11-19(27(30,31)32)13-20(12-18)28(33,34)35/h4-7,11-13,22-23H,1-3,8-10,14-16,36H2,(H,37,43)/t22?,23-/m1/s1. The molecule has 0 bridgehead atoms. The number of nitrogens with zero attached hydrogens (tertiary/aromatic N) is 3. The van der Waals surface area contributed by atoms with E-state index < -0.39 is 59.6 Å². The van der Waals surface area contributed by atoms with Crippen LogP contribution in [-0.4, -0.2) is 64.4 Å². The normalized spacial score (nSPS) is 19.5. The Bertz CT molecular complexity index is 1300. The lowest BCUT2D eigenvalue weighted by Gasteiger charge is -2.52. The number of nitrogens with one attached hydrogen (secondary N) is 1. The first-order valence-electron chi connectivity index (χ1n) is 13.6. The minimum absolute atomic E-state index is 0.000993. The molecule has 0 radical (unpaired) electrons. The van der Waals surface area contributed by atoms with Crippen molar-refractivity contribution in [2.45, 2.75) is 63.3 Å². The van der Waals surface area contributed by atoms with Gasteiger partial charge in [0.25, 0.3) is 0 Å². The second-order valence-corrected chi connectivity index (χ2v) is 10.4. The lowest BCUT2D eigenvalue weighted by molar-refractivity contribution is -0.167. The molecule has 2 saturated heterocycles. The first-order chi connectivity index (χ1) is 20.2. The summed E-state index contributed by atoms with van der Waals surface area (Å²) < 4.78 is 93.1. The number of hydrogen-bond acceptors (Lipinski definition) is 4. The van der Waals surface area contributed by atoms with Crippen molar-refractivity contribution in [3.05, 3.63) is 70.5 Å². The Morgan fingerprint density at radius 3 is 2.14 bits per heavy atom. The maximum Gasteiger partial charge on any atom is 0.416 e. The first kappa shape index (κ1) is 32.0. The van der Waals surface area contributed by atoms with Gasteiger partial charge < -0.3 is 25.8 Å². The Balaban J connectivity index is 1.58. The van der Waals surface area contributed by atoms with E-state index in [-0.39, 0.29) is 50.4 Å². The van der Waals surface area contributed by atoms with Crippen molar-refractivity contribution in [3.63, 3.8) is 0 Å². The van der Waals surface area contributed by atoms with E-state index in [1.165, 1.54) is 39.0 Å². The van der Waals surface area contributed by atoms with Crippen LogP contribution in [0.4, 0.5) is 35.5 Å².